The summed E-state index contributed by atoms with van der Waals surface area (Å²) in [6.07, 6.45) is 0. The molecule has 9 aromatic rings. The minimum Gasteiger partial charge on any atom is -0.382 e. The normalized spacial score (nSPS) is 10.5. The van der Waals surface area contributed by atoms with Crippen molar-refractivity contribution in [3.63, 3.8) is 0 Å². The van der Waals surface area contributed by atoms with E-state index >= 15 is 0 Å². The summed E-state index contributed by atoms with van der Waals surface area (Å²) in [5.41, 5.74) is 0. The second-order valence-corrected chi connectivity index (χ2v) is 21.4. The van der Waals surface area contributed by atoms with Crippen LogP contribution < -0.4 is 47.7 Å². The number of benzene rings is 9. The molecule has 17 heteroatoms. The Kier molecular flexibility index (Phi) is 25.4. The third-order valence-electron chi connectivity index (χ3n) is 10.2. The Hall–Kier alpha value is -5.81. The van der Waals surface area contributed by atoms with Crippen molar-refractivity contribution in [2.24, 2.45) is 0 Å². The first-order valence-electron chi connectivity index (χ1n) is 22.2. The van der Waals surface area contributed by atoms with E-state index < -0.39 is 93.6 Å². The van der Waals surface area contributed by atoms with Crippen molar-refractivity contribution < 1.29 is 57.4 Å². The molecule has 9 rings (SSSR count). The number of halogens is 12. The Bertz CT molecular complexity index is 2750. The first-order valence-corrected chi connectivity index (χ1v) is 26.3. The Morgan fingerprint density at radius 2 is 0.461 bits per heavy atom. The first kappa shape index (κ1) is 62.7. The Morgan fingerprint density at radius 3 is 0.605 bits per heavy atom. The van der Waals surface area contributed by atoms with Crippen LogP contribution in [0.5, 0.6) is 0 Å². The molecular formula is C59H43F12OP3Sn. The van der Waals surface area contributed by atoms with E-state index in [1.165, 1.54) is 0 Å². The van der Waals surface area contributed by atoms with Crippen molar-refractivity contribution in [1.29, 1.82) is 0 Å². The molecule has 0 N–H and O–H groups in total. The van der Waals surface area contributed by atoms with Crippen LogP contribution in [0.4, 0.5) is 52.7 Å². The summed E-state index contributed by atoms with van der Waals surface area (Å²) in [5, 5.41) is 3.24. The van der Waals surface area contributed by atoms with Gasteiger partial charge in [-0.05, 0) is 69.4 Å². The van der Waals surface area contributed by atoms with E-state index in [-0.39, 0.29) is 47.2 Å². The summed E-state index contributed by atoms with van der Waals surface area (Å²) in [7, 11) is -4.77. The molecule has 0 bridgehead atoms. The smallest absolute Gasteiger partial charge is 0.382 e. The molecule has 0 amide bonds. The van der Waals surface area contributed by atoms with E-state index in [4.69, 9.17) is 4.74 Å². The van der Waals surface area contributed by atoms with E-state index in [1.807, 2.05) is 13.8 Å². The summed E-state index contributed by atoms with van der Waals surface area (Å²) in [5.74, 6) is -19.7. The largest absolute Gasteiger partial charge is 4.00 e. The van der Waals surface area contributed by atoms with Gasteiger partial charge in [-0.3, -0.25) is 26.3 Å². The molecule has 0 aliphatic rings. The van der Waals surface area contributed by atoms with E-state index in [1.54, 1.807) is 182 Å². The maximum absolute atomic E-state index is 14.3. The van der Waals surface area contributed by atoms with Crippen LogP contribution >= 0.6 is 23.8 Å². The van der Waals surface area contributed by atoms with Crippen molar-refractivity contribution in [3.8, 4) is 0 Å². The number of hydrogen-bond donors (Lipinski definition) is 0. The van der Waals surface area contributed by atoms with Gasteiger partial charge in [0.2, 0.25) is 0 Å². The van der Waals surface area contributed by atoms with Gasteiger partial charge in [0.1, 0.15) is 0 Å². The molecule has 0 aliphatic heterocycles. The third-order valence-corrected chi connectivity index (χ3v) is 17.4. The Balaban J connectivity index is 0.000000232. The zero-order valence-corrected chi connectivity index (χ0v) is 46.1. The van der Waals surface area contributed by atoms with Crippen LogP contribution in [0, 0.1) is 95.4 Å². The molecule has 0 radical (unpaired) electrons. The van der Waals surface area contributed by atoms with E-state index in [9.17, 15) is 52.7 Å². The van der Waals surface area contributed by atoms with Gasteiger partial charge in [-0.25, -0.2) is 26.3 Å². The van der Waals surface area contributed by atoms with E-state index in [0.717, 1.165) is 13.2 Å². The van der Waals surface area contributed by atoms with E-state index in [0.29, 0.717) is 31.8 Å². The summed E-state index contributed by atoms with van der Waals surface area (Å²) >= 11 is 0. The molecule has 9 aromatic carbocycles. The fourth-order valence-corrected chi connectivity index (χ4v) is 13.7. The van der Waals surface area contributed by atoms with Crippen LogP contribution in [0.1, 0.15) is 13.8 Å². The monoisotopic (exact) mass is 1210 g/mol. The molecular weight excluding hydrogens is 1160 g/mol. The van der Waals surface area contributed by atoms with Crippen LogP contribution in [0.3, 0.4) is 0 Å². The van der Waals surface area contributed by atoms with Crippen LogP contribution in [-0.2, 0) is 4.74 Å². The molecule has 0 saturated heterocycles. The van der Waals surface area contributed by atoms with Crippen LogP contribution in [0.25, 0.3) is 0 Å². The maximum atomic E-state index is 14.3. The van der Waals surface area contributed by atoms with Gasteiger partial charge >= 0.3 is 23.9 Å². The van der Waals surface area contributed by atoms with Gasteiger partial charge in [0, 0.05) is 30.7 Å². The third kappa shape index (κ3) is 15.7. The molecule has 0 heterocycles. The molecule has 0 fully saturated rings. The summed E-state index contributed by atoms with van der Waals surface area (Å²) in [4.78, 5) is 0. The van der Waals surface area contributed by atoms with Crippen LogP contribution in [0.15, 0.2) is 182 Å². The number of rotatable bonds is 11. The van der Waals surface area contributed by atoms with Crippen molar-refractivity contribution in [1.82, 2.24) is 0 Å². The van der Waals surface area contributed by atoms with Gasteiger partial charge in [0.25, 0.3) is 0 Å². The standard InChI is InChI=1S/3C18H10F4P.C4H10O.CH3.Sn/c3*19-14-11-15(17(21)18(22)16(14)20)23(12-7-3-1-4-8-12)13-9-5-2-6-10-13;1-3-5-4-2;;/h3*1-10H;3-4H2,1-2H3;1H3;/q3*-1;;-1;+4. The van der Waals surface area contributed by atoms with Gasteiger partial charge in [-0.1, -0.05) is 198 Å². The quantitative estimate of drug-likeness (QED) is 0.0313. The predicted octanol–water partition coefficient (Wildman–Crippen LogP) is 12.5. The van der Waals surface area contributed by atoms with Gasteiger partial charge in [-0.15, -0.1) is 18.2 Å². The molecule has 0 aliphatic carbocycles. The minimum absolute atomic E-state index is 0. The van der Waals surface area contributed by atoms with Crippen molar-refractivity contribution >= 4 is 95.4 Å². The zero-order valence-electron chi connectivity index (χ0n) is 40.5. The van der Waals surface area contributed by atoms with Crippen molar-refractivity contribution in [3.05, 3.63) is 277 Å². The van der Waals surface area contributed by atoms with Gasteiger partial charge in [0.05, 0.1) is 52.4 Å². The molecule has 0 atom stereocenters. The molecule has 1 nitrogen and oxygen atoms in total. The second-order valence-electron chi connectivity index (χ2n) is 15.0. The molecule has 0 saturated carbocycles. The second kappa shape index (κ2) is 30.8. The SMILES string of the molecule is CCOCC.Fc1[c-]c(P(c2ccccc2)c2ccccc2)c(F)c(F)c1F.Fc1[c-]c(P(c2ccccc2)c2ccccc2)c(F)c(F)c1F.Fc1[c-]c(P(c2ccccc2)c2ccccc2)c(F)c(F)c1F.[CH3-].[Sn+4]. The average Bonchev–Trinajstić information content (AvgIpc) is 3.44. The molecule has 388 valence electrons. The average molecular weight is 1210 g/mol. The summed E-state index contributed by atoms with van der Waals surface area (Å²) < 4.78 is 169. The van der Waals surface area contributed by atoms with Gasteiger partial charge in [0.15, 0.2) is 0 Å². The van der Waals surface area contributed by atoms with Crippen LogP contribution in [-0.4, -0.2) is 37.1 Å². The fourth-order valence-electron chi connectivity index (χ4n) is 6.88. The Morgan fingerprint density at radius 1 is 0.289 bits per heavy atom. The maximum Gasteiger partial charge on any atom is 4.00 e. The molecule has 0 aromatic heterocycles. The Labute approximate surface area is 454 Å². The van der Waals surface area contributed by atoms with Crippen molar-refractivity contribution in [2.45, 2.75) is 13.8 Å². The number of hydrogen-bond acceptors (Lipinski definition) is 1. The topological polar surface area (TPSA) is 9.23 Å². The predicted molar refractivity (Wildman–Crippen MR) is 286 cm³/mol. The van der Waals surface area contributed by atoms with Gasteiger partial charge in [-0.2, -0.15) is 0 Å². The van der Waals surface area contributed by atoms with Crippen LogP contribution in [0.2, 0.25) is 0 Å². The molecule has 76 heavy (non-hydrogen) atoms. The minimum atomic E-state index is -1.85. The fraction of sp³-hybridized carbons (Fsp3) is 0.0678. The first-order chi connectivity index (χ1) is 35.7. The summed E-state index contributed by atoms with van der Waals surface area (Å²) in [6, 6.07) is 58.8. The van der Waals surface area contributed by atoms with Crippen molar-refractivity contribution in [2.75, 3.05) is 13.2 Å². The van der Waals surface area contributed by atoms with Gasteiger partial charge < -0.3 is 12.2 Å². The van der Waals surface area contributed by atoms with E-state index in [2.05, 4.69) is 18.2 Å². The number of ether oxygens (including phenoxy) is 1. The molecule has 0 spiro atoms. The zero-order chi connectivity index (χ0) is 53.3. The molecule has 0 unspecified atom stereocenters. The summed E-state index contributed by atoms with van der Waals surface area (Å²) in [6.45, 7) is 5.67.